The van der Waals surface area contributed by atoms with Gasteiger partial charge in [0.25, 0.3) is 0 Å². The van der Waals surface area contributed by atoms with Crippen molar-refractivity contribution in [3.05, 3.63) is 64.7 Å². The summed E-state index contributed by atoms with van der Waals surface area (Å²) in [4.78, 5) is 0. The van der Waals surface area contributed by atoms with E-state index in [-0.39, 0.29) is 11.8 Å². The Morgan fingerprint density at radius 2 is 1.69 bits per heavy atom. The largest absolute Gasteiger partial charge is 0.506 e. The predicted molar refractivity (Wildman–Crippen MR) is 65.6 cm³/mol. The van der Waals surface area contributed by atoms with Gasteiger partial charge in [-0.05, 0) is 11.6 Å². The monoisotopic (exact) mass is 233 g/mol. The number of aromatic hydroxyl groups is 1. The molecule has 0 aliphatic rings. The van der Waals surface area contributed by atoms with E-state index in [0.717, 1.165) is 5.56 Å². The molecule has 2 aromatic rings. The van der Waals surface area contributed by atoms with Gasteiger partial charge in [-0.15, -0.1) is 0 Å². The summed E-state index contributed by atoms with van der Waals surface area (Å²) in [5.41, 5.74) is 7.65. The average Bonchev–Trinajstić information content (AvgIpc) is 2.33. The highest BCUT2D eigenvalue weighted by Crippen LogP contribution is 2.32. The number of phenolic OH excluding ortho intramolecular Hbond substituents is 1. The van der Waals surface area contributed by atoms with Crippen LogP contribution in [-0.2, 0) is 0 Å². The molecule has 0 saturated heterocycles. The molecule has 82 valence electrons. The van der Waals surface area contributed by atoms with Crippen LogP contribution in [0, 0.1) is 0 Å². The molecule has 2 aromatic carbocycles. The van der Waals surface area contributed by atoms with Crippen molar-refractivity contribution in [2.75, 3.05) is 0 Å². The smallest absolute Gasteiger partial charge is 0.139 e. The zero-order valence-electron chi connectivity index (χ0n) is 8.60. The zero-order chi connectivity index (χ0) is 11.5. The van der Waals surface area contributed by atoms with Gasteiger partial charge >= 0.3 is 0 Å². The van der Waals surface area contributed by atoms with Crippen LogP contribution in [-0.4, -0.2) is 5.11 Å². The molecule has 0 aliphatic carbocycles. The number of halogens is 1. The Hall–Kier alpha value is -1.51. The SMILES string of the molecule is NC(c1ccccc1)c1cccc(Cl)c1O. The van der Waals surface area contributed by atoms with E-state index in [1.54, 1.807) is 18.2 Å². The van der Waals surface area contributed by atoms with Gasteiger partial charge in [-0.2, -0.15) is 0 Å². The molecule has 2 rings (SSSR count). The van der Waals surface area contributed by atoms with Crippen molar-refractivity contribution in [2.24, 2.45) is 5.73 Å². The first-order valence-corrected chi connectivity index (χ1v) is 5.36. The third-order valence-electron chi connectivity index (χ3n) is 2.51. The Morgan fingerprint density at radius 1 is 1.00 bits per heavy atom. The van der Waals surface area contributed by atoms with Gasteiger partial charge in [0.05, 0.1) is 11.1 Å². The molecule has 0 saturated carbocycles. The first-order valence-electron chi connectivity index (χ1n) is 4.98. The van der Waals surface area contributed by atoms with Crippen molar-refractivity contribution in [3.8, 4) is 5.75 Å². The second-order valence-electron chi connectivity index (χ2n) is 3.57. The van der Waals surface area contributed by atoms with E-state index in [0.29, 0.717) is 10.6 Å². The van der Waals surface area contributed by atoms with Crippen molar-refractivity contribution in [1.29, 1.82) is 0 Å². The fraction of sp³-hybridized carbons (Fsp3) is 0.0769. The van der Waals surface area contributed by atoms with E-state index >= 15 is 0 Å². The number of rotatable bonds is 2. The number of para-hydroxylation sites is 1. The maximum Gasteiger partial charge on any atom is 0.139 e. The van der Waals surface area contributed by atoms with Gasteiger partial charge < -0.3 is 10.8 Å². The summed E-state index contributed by atoms with van der Waals surface area (Å²) >= 11 is 5.84. The third-order valence-corrected chi connectivity index (χ3v) is 2.82. The molecule has 0 aromatic heterocycles. The van der Waals surface area contributed by atoms with Gasteiger partial charge in [0.15, 0.2) is 0 Å². The molecule has 1 atom stereocenters. The van der Waals surface area contributed by atoms with Crippen molar-refractivity contribution in [3.63, 3.8) is 0 Å². The third kappa shape index (κ3) is 2.03. The number of nitrogens with two attached hydrogens (primary N) is 1. The minimum atomic E-state index is -0.361. The maximum atomic E-state index is 9.82. The summed E-state index contributed by atoms with van der Waals surface area (Å²) < 4.78 is 0. The molecule has 0 aliphatic heterocycles. The number of hydrogen-bond donors (Lipinski definition) is 2. The average molecular weight is 234 g/mol. The van der Waals surface area contributed by atoms with Crippen molar-refractivity contribution < 1.29 is 5.11 Å². The van der Waals surface area contributed by atoms with Crippen molar-refractivity contribution >= 4 is 11.6 Å². The van der Waals surface area contributed by atoms with Crippen molar-refractivity contribution in [2.45, 2.75) is 6.04 Å². The molecule has 2 nitrogen and oxygen atoms in total. The van der Waals surface area contributed by atoms with E-state index in [1.807, 2.05) is 30.3 Å². The van der Waals surface area contributed by atoms with Crippen molar-refractivity contribution in [1.82, 2.24) is 0 Å². The molecular formula is C13H12ClNO. The van der Waals surface area contributed by atoms with Gasteiger partial charge in [0, 0.05) is 5.56 Å². The fourth-order valence-corrected chi connectivity index (χ4v) is 1.80. The zero-order valence-corrected chi connectivity index (χ0v) is 9.35. The molecule has 0 radical (unpaired) electrons. The van der Waals surface area contributed by atoms with Crippen LogP contribution in [0.1, 0.15) is 17.2 Å². The lowest BCUT2D eigenvalue weighted by Gasteiger charge is -2.14. The molecular weight excluding hydrogens is 222 g/mol. The van der Waals surface area contributed by atoms with E-state index in [1.165, 1.54) is 0 Å². The molecule has 0 bridgehead atoms. The molecule has 3 N–H and O–H groups in total. The number of phenols is 1. The van der Waals surface area contributed by atoms with E-state index in [2.05, 4.69) is 0 Å². The van der Waals surface area contributed by atoms with Gasteiger partial charge in [-0.3, -0.25) is 0 Å². The second kappa shape index (κ2) is 4.56. The van der Waals surface area contributed by atoms with E-state index < -0.39 is 0 Å². The fourth-order valence-electron chi connectivity index (χ4n) is 1.62. The van der Waals surface area contributed by atoms with Gasteiger partial charge in [0.1, 0.15) is 5.75 Å². The minimum absolute atomic E-state index is 0.0560. The lowest BCUT2D eigenvalue weighted by atomic mass is 9.99. The lowest BCUT2D eigenvalue weighted by molar-refractivity contribution is 0.465. The Bertz CT molecular complexity index is 485. The summed E-state index contributed by atoms with van der Waals surface area (Å²) in [5, 5.41) is 10.1. The van der Waals surface area contributed by atoms with Crippen LogP contribution in [0.3, 0.4) is 0 Å². The minimum Gasteiger partial charge on any atom is -0.506 e. The summed E-state index contributed by atoms with van der Waals surface area (Å²) in [5.74, 6) is 0.0560. The molecule has 0 amide bonds. The molecule has 1 unspecified atom stereocenters. The highest BCUT2D eigenvalue weighted by Gasteiger charge is 2.14. The van der Waals surface area contributed by atoms with Crippen LogP contribution in [0.2, 0.25) is 5.02 Å². The van der Waals surface area contributed by atoms with Crippen LogP contribution < -0.4 is 5.73 Å². The first kappa shape index (κ1) is 11.0. The molecule has 0 fully saturated rings. The molecule has 0 spiro atoms. The van der Waals surface area contributed by atoms with Gasteiger partial charge in [-0.25, -0.2) is 0 Å². The number of benzene rings is 2. The lowest BCUT2D eigenvalue weighted by Crippen LogP contribution is -2.11. The topological polar surface area (TPSA) is 46.2 Å². The Morgan fingerprint density at radius 3 is 2.38 bits per heavy atom. The Kier molecular flexibility index (Phi) is 3.13. The summed E-state index contributed by atoms with van der Waals surface area (Å²) in [6, 6.07) is 14.4. The summed E-state index contributed by atoms with van der Waals surface area (Å²) in [6.07, 6.45) is 0. The van der Waals surface area contributed by atoms with Crippen LogP contribution in [0.5, 0.6) is 5.75 Å². The summed E-state index contributed by atoms with van der Waals surface area (Å²) in [6.45, 7) is 0. The van der Waals surface area contributed by atoms with Crippen LogP contribution in [0.25, 0.3) is 0 Å². The van der Waals surface area contributed by atoms with Crippen LogP contribution in [0.4, 0.5) is 0 Å². The standard InChI is InChI=1S/C13H12ClNO/c14-11-8-4-7-10(13(11)16)12(15)9-5-2-1-3-6-9/h1-8,12,16H,15H2. The van der Waals surface area contributed by atoms with Gasteiger partial charge in [-0.1, -0.05) is 54.1 Å². The van der Waals surface area contributed by atoms with Crippen LogP contribution >= 0.6 is 11.6 Å². The quantitative estimate of drug-likeness (QED) is 0.837. The highest BCUT2D eigenvalue weighted by molar-refractivity contribution is 6.32. The molecule has 16 heavy (non-hydrogen) atoms. The highest BCUT2D eigenvalue weighted by atomic mass is 35.5. The first-order chi connectivity index (χ1) is 7.70. The second-order valence-corrected chi connectivity index (χ2v) is 3.97. The van der Waals surface area contributed by atoms with E-state index in [4.69, 9.17) is 17.3 Å². The normalized spacial score (nSPS) is 12.4. The Labute approximate surface area is 99.3 Å². The van der Waals surface area contributed by atoms with Gasteiger partial charge in [0.2, 0.25) is 0 Å². The van der Waals surface area contributed by atoms with Crippen LogP contribution in [0.15, 0.2) is 48.5 Å². The Balaban J connectivity index is 2.42. The maximum absolute atomic E-state index is 9.82. The molecule has 0 heterocycles. The summed E-state index contributed by atoms with van der Waals surface area (Å²) in [7, 11) is 0. The predicted octanol–water partition coefficient (Wildman–Crippen LogP) is 3.09. The molecule has 3 heteroatoms. The number of hydrogen-bond acceptors (Lipinski definition) is 2. The van der Waals surface area contributed by atoms with E-state index in [9.17, 15) is 5.11 Å².